The van der Waals surface area contributed by atoms with Gasteiger partial charge in [-0.1, -0.05) is 18.2 Å². The van der Waals surface area contributed by atoms with Gasteiger partial charge in [0, 0.05) is 32.5 Å². The Kier molecular flexibility index (Phi) is 8.16. The fourth-order valence-electron chi connectivity index (χ4n) is 3.85. The van der Waals surface area contributed by atoms with E-state index in [4.69, 9.17) is 0 Å². The minimum absolute atomic E-state index is 0.0480. The fraction of sp³-hybridized carbons (Fsp3) is 0.391. The third kappa shape index (κ3) is 6.79. The zero-order valence-electron chi connectivity index (χ0n) is 18.8. The zero-order valence-corrected chi connectivity index (χ0v) is 19.6. The lowest BCUT2D eigenvalue weighted by Crippen LogP contribution is -2.53. The molecule has 0 radical (unpaired) electrons. The molecule has 190 valence electrons. The van der Waals surface area contributed by atoms with E-state index in [1.165, 1.54) is 25.1 Å². The predicted molar refractivity (Wildman–Crippen MR) is 119 cm³/mol. The first-order valence-electron chi connectivity index (χ1n) is 10.9. The van der Waals surface area contributed by atoms with Gasteiger partial charge in [0.25, 0.3) is 0 Å². The van der Waals surface area contributed by atoms with Crippen molar-refractivity contribution >= 4 is 21.8 Å². The number of carbonyl (C=O) groups excluding carboxylic acids is 2. The number of piperidine rings is 1. The molecule has 1 unspecified atom stereocenters. The second kappa shape index (κ2) is 10.7. The smallest absolute Gasteiger partial charge is 0.351 e. The molecule has 7 nitrogen and oxygen atoms in total. The second-order valence-electron chi connectivity index (χ2n) is 8.26. The number of amides is 2. The van der Waals surface area contributed by atoms with Gasteiger partial charge in [0.1, 0.15) is 11.9 Å². The summed E-state index contributed by atoms with van der Waals surface area (Å²) in [5.74, 6) is -1.48. The molecule has 1 aliphatic rings. The van der Waals surface area contributed by atoms with Crippen LogP contribution >= 0.6 is 0 Å². The van der Waals surface area contributed by atoms with Crippen LogP contribution in [0.15, 0.2) is 53.4 Å². The third-order valence-electron chi connectivity index (χ3n) is 5.70. The van der Waals surface area contributed by atoms with Gasteiger partial charge in [0.05, 0.1) is 10.5 Å². The Bertz CT molecular complexity index is 1160. The fourth-order valence-corrected chi connectivity index (χ4v) is 5.32. The molecule has 0 spiro atoms. The first-order valence-corrected chi connectivity index (χ1v) is 12.3. The predicted octanol–water partition coefficient (Wildman–Crippen LogP) is 2.86. The van der Waals surface area contributed by atoms with Crippen LogP contribution in [0.4, 0.5) is 17.6 Å². The molecule has 2 aromatic carbocycles. The highest BCUT2D eigenvalue weighted by Crippen LogP contribution is 2.30. The number of halogens is 4. The maximum Gasteiger partial charge on any atom is 0.416 e. The average molecular weight is 516 g/mol. The van der Waals surface area contributed by atoms with E-state index in [1.807, 2.05) is 0 Å². The van der Waals surface area contributed by atoms with Gasteiger partial charge in [-0.3, -0.25) is 9.59 Å². The standard InChI is InChI=1S/C23H25F4N3O4S/c1-15(31)28-21(14-16-4-2-3-5-20(16)24)22(32)29-18-10-12-30(13-11-18)35(33,34)19-8-6-17(7-9-19)23(25,26)27/h2-9,18,21H,10-14H2,1H3,(H,28,31)(H,29,32). The van der Waals surface area contributed by atoms with Gasteiger partial charge in [0.15, 0.2) is 0 Å². The van der Waals surface area contributed by atoms with Crippen LogP contribution in [0, 0.1) is 5.82 Å². The third-order valence-corrected chi connectivity index (χ3v) is 7.61. The van der Waals surface area contributed by atoms with Crippen molar-refractivity contribution in [3.05, 3.63) is 65.5 Å². The van der Waals surface area contributed by atoms with Crippen molar-refractivity contribution in [2.24, 2.45) is 0 Å². The van der Waals surface area contributed by atoms with Gasteiger partial charge >= 0.3 is 6.18 Å². The molecule has 2 N–H and O–H groups in total. The van der Waals surface area contributed by atoms with Crippen molar-refractivity contribution in [3.8, 4) is 0 Å². The van der Waals surface area contributed by atoms with Crippen molar-refractivity contribution in [2.75, 3.05) is 13.1 Å². The van der Waals surface area contributed by atoms with Crippen LogP contribution in [0.25, 0.3) is 0 Å². The van der Waals surface area contributed by atoms with Crippen LogP contribution < -0.4 is 10.6 Å². The van der Waals surface area contributed by atoms with Crippen molar-refractivity contribution < 1.29 is 35.6 Å². The van der Waals surface area contributed by atoms with Crippen LogP contribution in [0.5, 0.6) is 0 Å². The minimum atomic E-state index is -4.57. The number of alkyl halides is 3. The summed E-state index contributed by atoms with van der Waals surface area (Å²) in [4.78, 5) is 24.1. The summed E-state index contributed by atoms with van der Waals surface area (Å²) in [5.41, 5.74) is -0.680. The summed E-state index contributed by atoms with van der Waals surface area (Å²) in [6.45, 7) is 1.34. The van der Waals surface area contributed by atoms with Gasteiger partial charge in [0.2, 0.25) is 21.8 Å². The molecule has 0 aliphatic carbocycles. The molecule has 1 aliphatic heterocycles. The lowest BCUT2D eigenvalue weighted by Gasteiger charge is -2.32. The summed E-state index contributed by atoms with van der Waals surface area (Å²) >= 11 is 0. The molecule has 35 heavy (non-hydrogen) atoms. The van der Waals surface area contributed by atoms with E-state index in [1.54, 1.807) is 6.07 Å². The Hall–Kier alpha value is -2.99. The number of nitrogens with zero attached hydrogens (tertiary/aromatic N) is 1. The lowest BCUT2D eigenvalue weighted by atomic mass is 10.0. The molecule has 3 rings (SSSR count). The molecule has 2 aromatic rings. The van der Waals surface area contributed by atoms with Crippen LogP contribution in [-0.4, -0.2) is 49.7 Å². The van der Waals surface area contributed by atoms with Crippen molar-refractivity contribution in [1.82, 2.24) is 14.9 Å². The lowest BCUT2D eigenvalue weighted by molar-refractivity contribution is -0.137. The van der Waals surface area contributed by atoms with Crippen LogP contribution in [0.3, 0.4) is 0 Å². The Morgan fingerprint density at radius 1 is 1.06 bits per heavy atom. The molecular formula is C23H25F4N3O4S. The Morgan fingerprint density at radius 3 is 2.20 bits per heavy atom. The van der Waals surface area contributed by atoms with Gasteiger partial charge in [-0.2, -0.15) is 17.5 Å². The summed E-state index contributed by atoms with van der Waals surface area (Å²) in [6.07, 6.45) is -4.10. The van der Waals surface area contributed by atoms with Crippen molar-refractivity contribution in [1.29, 1.82) is 0 Å². The van der Waals surface area contributed by atoms with Gasteiger partial charge in [-0.25, -0.2) is 12.8 Å². The maximum atomic E-state index is 14.0. The first-order chi connectivity index (χ1) is 16.4. The van der Waals surface area contributed by atoms with Crippen molar-refractivity contribution in [2.45, 2.75) is 49.3 Å². The normalized spacial score (nSPS) is 16.5. The quantitative estimate of drug-likeness (QED) is 0.555. The number of benzene rings is 2. The van der Waals surface area contributed by atoms with E-state index in [9.17, 15) is 35.6 Å². The van der Waals surface area contributed by atoms with Gasteiger partial charge in [-0.15, -0.1) is 0 Å². The number of rotatable bonds is 7. The Labute approximate surface area is 200 Å². The molecule has 12 heteroatoms. The van der Waals surface area contributed by atoms with Crippen LogP contribution in [0.2, 0.25) is 0 Å². The molecule has 1 saturated heterocycles. The van der Waals surface area contributed by atoms with E-state index in [0.717, 1.165) is 28.6 Å². The molecular weight excluding hydrogens is 490 g/mol. The number of carbonyl (C=O) groups is 2. The van der Waals surface area contributed by atoms with Crippen molar-refractivity contribution in [3.63, 3.8) is 0 Å². The summed E-state index contributed by atoms with van der Waals surface area (Å²) < 4.78 is 79.1. The molecule has 1 atom stereocenters. The van der Waals surface area contributed by atoms with E-state index in [0.29, 0.717) is 0 Å². The zero-order chi connectivity index (χ0) is 25.8. The molecule has 0 bridgehead atoms. The van der Waals surface area contributed by atoms with E-state index >= 15 is 0 Å². The molecule has 0 aromatic heterocycles. The largest absolute Gasteiger partial charge is 0.416 e. The molecule has 1 fully saturated rings. The number of sulfonamides is 1. The van der Waals surface area contributed by atoms with Crippen LogP contribution in [0.1, 0.15) is 30.9 Å². The molecule has 0 saturated carbocycles. The van der Waals surface area contributed by atoms with Gasteiger partial charge in [-0.05, 0) is 48.7 Å². The Balaban J connectivity index is 1.61. The first kappa shape index (κ1) is 26.6. The van der Waals surface area contributed by atoms with E-state index < -0.39 is 51.5 Å². The van der Waals surface area contributed by atoms with E-state index in [2.05, 4.69) is 10.6 Å². The summed E-state index contributed by atoms with van der Waals surface area (Å²) in [7, 11) is -4.00. The highest BCUT2D eigenvalue weighted by atomic mass is 32.2. The minimum Gasteiger partial charge on any atom is -0.351 e. The molecule has 1 heterocycles. The highest BCUT2D eigenvalue weighted by molar-refractivity contribution is 7.89. The summed E-state index contributed by atoms with van der Waals surface area (Å²) in [5, 5.41) is 5.29. The second-order valence-corrected chi connectivity index (χ2v) is 10.2. The van der Waals surface area contributed by atoms with Crippen LogP contribution in [-0.2, 0) is 32.2 Å². The van der Waals surface area contributed by atoms with E-state index in [-0.39, 0.29) is 42.8 Å². The maximum absolute atomic E-state index is 14.0. The Morgan fingerprint density at radius 2 is 1.66 bits per heavy atom. The topological polar surface area (TPSA) is 95.6 Å². The average Bonchev–Trinajstić information content (AvgIpc) is 2.79. The number of hydrogen-bond donors (Lipinski definition) is 2. The summed E-state index contributed by atoms with van der Waals surface area (Å²) in [6, 6.07) is 7.78. The monoisotopic (exact) mass is 515 g/mol. The number of hydrogen-bond acceptors (Lipinski definition) is 4. The number of nitrogens with one attached hydrogen (secondary N) is 2. The van der Waals surface area contributed by atoms with Gasteiger partial charge < -0.3 is 10.6 Å². The SMILES string of the molecule is CC(=O)NC(Cc1ccccc1F)C(=O)NC1CCN(S(=O)(=O)c2ccc(C(F)(F)F)cc2)CC1. The molecule has 2 amide bonds. The highest BCUT2D eigenvalue weighted by Gasteiger charge is 2.33.